The van der Waals surface area contributed by atoms with Crippen LogP contribution in [-0.4, -0.2) is 43.4 Å². The van der Waals surface area contributed by atoms with Gasteiger partial charge in [-0.3, -0.25) is 4.79 Å². The normalized spacial score (nSPS) is 14.8. The fourth-order valence-electron chi connectivity index (χ4n) is 2.46. The van der Waals surface area contributed by atoms with Gasteiger partial charge in [0.25, 0.3) is 5.91 Å². The fraction of sp³-hybridized carbons (Fsp3) is 0.562. The third-order valence-electron chi connectivity index (χ3n) is 3.92. The van der Waals surface area contributed by atoms with E-state index in [1.54, 1.807) is 0 Å². The van der Waals surface area contributed by atoms with Crippen LogP contribution < -0.4 is 4.90 Å². The molecule has 1 fully saturated rings. The van der Waals surface area contributed by atoms with Crippen molar-refractivity contribution < 1.29 is 4.79 Å². The summed E-state index contributed by atoms with van der Waals surface area (Å²) in [5.41, 5.74) is 1.83. The highest BCUT2D eigenvalue weighted by Gasteiger charge is 2.29. The first kappa shape index (κ1) is 15.2. The molecule has 0 N–H and O–H groups in total. The van der Waals surface area contributed by atoms with Gasteiger partial charge in [0.1, 0.15) is 0 Å². The zero-order chi connectivity index (χ0) is 14.5. The maximum atomic E-state index is 12.7. The number of halogens is 1. The molecule has 1 aliphatic carbocycles. The number of amides is 1. The Hall–Kier alpha value is -1.22. The topological polar surface area (TPSA) is 23.6 Å². The van der Waals surface area contributed by atoms with Gasteiger partial charge in [-0.05, 0) is 43.9 Å². The zero-order valence-electron chi connectivity index (χ0n) is 12.3. The Labute approximate surface area is 126 Å². The summed E-state index contributed by atoms with van der Waals surface area (Å²) in [5, 5.41) is 0. The predicted molar refractivity (Wildman–Crippen MR) is 84.8 cm³/mol. The molecule has 0 unspecified atom stereocenters. The standard InChI is InChI=1S/C16H23ClN2O/c1-18(2)15-9-3-6-13(12-15)16(20)19(11-5-10-17)14-7-4-8-14/h3,6,9,12,14H,4-5,7-8,10-11H2,1-2H3. The summed E-state index contributed by atoms with van der Waals surface area (Å²) in [6.45, 7) is 0.763. The van der Waals surface area contributed by atoms with E-state index in [2.05, 4.69) is 0 Å². The number of carbonyl (C=O) groups excluding carboxylic acids is 1. The first-order valence-electron chi connectivity index (χ1n) is 7.28. The summed E-state index contributed by atoms with van der Waals surface area (Å²) in [5.74, 6) is 0.748. The molecule has 1 amide bonds. The van der Waals surface area contributed by atoms with E-state index >= 15 is 0 Å². The van der Waals surface area contributed by atoms with Crippen LogP contribution in [0.25, 0.3) is 0 Å². The van der Waals surface area contributed by atoms with Gasteiger partial charge in [0.05, 0.1) is 0 Å². The number of hydrogen-bond donors (Lipinski definition) is 0. The van der Waals surface area contributed by atoms with Crippen LogP contribution in [0.3, 0.4) is 0 Å². The van der Waals surface area contributed by atoms with E-state index in [9.17, 15) is 4.79 Å². The van der Waals surface area contributed by atoms with Gasteiger partial charge >= 0.3 is 0 Å². The molecular formula is C16H23ClN2O. The molecule has 0 aromatic heterocycles. The molecule has 1 aliphatic rings. The lowest BCUT2D eigenvalue weighted by atomic mass is 9.90. The van der Waals surface area contributed by atoms with Crippen molar-refractivity contribution in [3.05, 3.63) is 29.8 Å². The van der Waals surface area contributed by atoms with Crippen LogP contribution in [0.4, 0.5) is 5.69 Å². The van der Waals surface area contributed by atoms with E-state index < -0.39 is 0 Å². The number of anilines is 1. The first-order chi connectivity index (χ1) is 9.63. The first-order valence-corrected chi connectivity index (χ1v) is 7.81. The van der Waals surface area contributed by atoms with Crippen LogP contribution in [0.5, 0.6) is 0 Å². The Kier molecular flexibility index (Phi) is 5.30. The van der Waals surface area contributed by atoms with E-state index in [0.717, 1.165) is 37.1 Å². The van der Waals surface area contributed by atoms with Gasteiger partial charge in [0.2, 0.25) is 0 Å². The van der Waals surface area contributed by atoms with Crippen LogP contribution >= 0.6 is 11.6 Å². The van der Waals surface area contributed by atoms with E-state index in [0.29, 0.717) is 11.9 Å². The van der Waals surface area contributed by atoms with Crippen LogP contribution in [0.2, 0.25) is 0 Å². The molecule has 0 atom stereocenters. The van der Waals surface area contributed by atoms with Gasteiger partial charge in [-0.2, -0.15) is 0 Å². The van der Waals surface area contributed by atoms with Gasteiger partial charge in [-0.25, -0.2) is 0 Å². The summed E-state index contributed by atoms with van der Waals surface area (Å²) >= 11 is 5.78. The van der Waals surface area contributed by atoms with Gasteiger partial charge in [-0.1, -0.05) is 6.07 Å². The highest BCUT2D eigenvalue weighted by atomic mass is 35.5. The third kappa shape index (κ3) is 3.45. The minimum Gasteiger partial charge on any atom is -0.378 e. The van der Waals surface area contributed by atoms with Crippen molar-refractivity contribution >= 4 is 23.2 Å². The highest BCUT2D eigenvalue weighted by molar-refractivity contribution is 6.17. The number of nitrogens with zero attached hydrogens (tertiary/aromatic N) is 2. The molecule has 0 radical (unpaired) electrons. The summed E-state index contributed by atoms with van der Waals surface area (Å²) in [6.07, 6.45) is 4.34. The van der Waals surface area contributed by atoms with Gasteiger partial charge in [0, 0.05) is 43.8 Å². The fourth-order valence-corrected chi connectivity index (χ4v) is 2.58. The molecule has 1 aromatic carbocycles. The Balaban J connectivity index is 2.15. The van der Waals surface area contributed by atoms with Gasteiger partial charge < -0.3 is 9.80 Å². The maximum absolute atomic E-state index is 12.7. The molecule has 20 heavy (non-hydrogen) atoms. The van der Waals surface area contributed by atoms with Crippen LogP contribution in [-0.2, 0) is 0 Å². The van der Waals surface area contributed by atoms with Crippen LogP contribution in [0.1, 0.15) is 36.0 Å². The summed E-state index contributed by atoms with van der Waals surface area (Å²) in [6, 6.07) is 8.25. The summed E-state index contributed by atoms with van der Waals surface area (Å²) in [4.78, 5) is 16.8. The number of carbonyl (C=O) groups is 1. The molecule has 1 saturated carbocycles. The highest BCUT2D eigenvalue weighted by Crippen LogP contribution is 2.27. The van der Waals surface area contributed by atoms with Crippen molar-refractivity contribution in [1.29, 1.82) is 0 Å². The zero-order valence-corrected chi connectivity index (χ0v) is 13.1. The van der Waals surface area contributed by atoms with E-state index in [1.165, 1.54) is 6.42 Å². The lowest BCUT2D eigenvalue weighted by Gasteiger charge is -2.37. The minimum absolute atomic E-state index is 0.142. The number of hydrogen-bond acceptors (Lipinski definition) is 2. The molecule has 1 aromatic rings. The largest absolute Gasteiger partial charge is 0.378 e. The van der Waals surface area contributed by atoms with Crippen molar-refractivity contribution in [2.45, 2.75) is 31.7 Å². The molecule has 2 rings (SSSR count). The summed E-state index contributed by atoms with van der Waals surface area (Å²) < 4.78 is 0. The van der Waals surface area contributed by atoms with Gasteiger partial charge in [0.15, 0.2) is 0 Å². The monoisotopic (exact) mass is 294 g/mol. The lowest BCUT2D eigenvalue weighted by molar-refractivity contribution is 0.0581. The molecule has 0 spiro atoms. The van der Waals surface area contributed by atoms with Crippen LogP contribution in [0, 0.1) is 0 Å². The quantitative estimate of drug-likeness (QED) is 0.751. The molecule has 0 bridgehead atoms. The average Bonchev–Trinajstić information content (AvgIpc) is 2.40. The average molecular weight is 295 g/mol. The second kappa shape index (κ2) is 6.98. The number of alkyl halides is 1. The van der Waals surface area contributed by atoms with E-state index in [4.69, 9.17) is 11.6 Å². The minimum atomic E-state index is 0.142. The molecule has 4 heteroatoms. The Morgan fingerprint density at radius 2 is 2.10 bits per heavy atom. The van der Waals surface area contributed by atoms with Crippen molar-refractivity contribution in [1.82, 2.24) is 4.90 Å². The lowest BCUT2D eigenvalue weighted by Crippen LogP contribution is -2.44. The van der Waals surface area contributed by atoms with Gasteiger partial charge in [-0.15, -0.1) is 11.6 Å². The number of benzene rings is 1. The van der Waals surface area contributed by atoms with Crippen molar-refractivity contribution in [2.24, 2.45) is 0 Å². The Bertz CT molecular complexity index is 458. The molecule has 110 valence electrons. The Morgan fingerprint density at radius 3 is 2.65 bits per heavy atom. The Morgan fingerprint density at radius 1 is 1.35 bits per heavy atom. The summed E-state index contributed by atoms with van der Waals surface area (Å²) in [7, 11) is 3.97. The third-order valence-corrected chi connectivity index (χ3v) is 4.19. The SMILES string of the molecule is CN(C)c1cccc(C(=O)N(CCCCl)C2CCC2)c1. The molecular weight excluding hydrogens is 272 g/mol. The maximum Gasteiger partial charge on any atom is 0.254 e. The molecule has 0 heterocycles. The second-order valence-electron chi connectivity index (χ2n) is 5.57. The van der Waals surface area contributed by atoms with Crippen LogP contribution in [0.15, 0.2) is 24.3 Å². The smallest absolute Gasteiger partial charge is 0.254 e. The van der Waals surface area contributed by atoms with Crippen molar-refractivity contribution in [3.63, 3.8) is 0 Å². The van der Waals surface area contributed by atoms with E-state index in [-0.39, 0.29) is 5.91 Å². The predicted octanol–water partition coefficient (Wildman–Crippen LogP) is 3.38. The van der Waals surface area contributed by atoms with Crippen molar-refractivity contribution in [2.75, 3.05) is 31.4 Å². The molecule has 0 aliphatic heterocycles. The molecule has 0 saturated heterocycles. The van der Waals surface area contributed by atoms with E-state index in [1.807, 2.05) is 48.2 Å². The molecule has 3 nitrogen and oxygen atoms in total. The van der Waals surface area contributed by atoms with Crippen molar-refractivity contribution in [3.8, 4) is 0 Å². The second-order valence-corrected chi connectivity index (χ2v) is 5.95. The number of rotatable bonds is 6.